The Kier molecular flexibility index (Phi) is 5.69. The molecule has 0 spiro atoms. The molecular formula is C18H21N3O4. The molecule has 25 heavy (non-hydrogen) atoms. The summed E-state index contributed by atoms with van der Waals surface area (Å²) < 4.78 is 15.9. The van der Waals surface area contributed by atoms with E-state index in [0.717, 1.165) is 18.9 Å². The van der Waals surface area contributed by atoms with Gasteiger partial charge in [-0.2, -0.15) is 0 Å². The number of methoxy groups -OCH3 is 1. The van der Waals surface area contributed by atoms with Gasteiger partial charge in [0.15, 0.2) is 6.61 Å². The molecule has 0 unspecified atom stereocenters. The first-order chi connectivity index (χ1) is 12.2. The van der Waals surface area contributed by atoms with Crippen molar-refractivity contribution in [3.05, 3.63) is 42.6 Å². The highest BCUT2D eigenvalue weighted by atomic mass is 16.5. The van der Waals surface area contributed by atoms with Gasteiger partial charge in [-0.25, -0.2) is 4.98 Å². The van der Waals surface area contributed by atoms with Crippen LogP contribution in [0.15, 0.2) is 42.6 Å². The maximum Gasteiger partial charge on any atom is 0.262 e. The summed E-state index contributed by atoms with van der Waals surface area (Å²) in [5.41, 5.74) is 0.635. The highest BCUT2D eigenvalue weighted by molar-refractivity contribution is 5.91. The molecule has 0 saturated carbocycles. The number of carbonyl (C=O) groups excluding carboxylic acids is 1. The molecule has 0 bridgehead atoms. The summed E-state index contributed by atoms with van der Waals surface area (Å²) in [5, 5.41) is 2.77. The van der Waals surface area contributed by atoms with Crippen molar-refractivity contribution < 1.29 is 19.0 Å². The van der Waals surface area contributed by atoms with Crippen molar-refractivity contribution in [2.75, 3.05) is 50.2 Å². The van der Waals surface area contributed by atoms with Crippen LogP contribution in [-0.2, 0) is 9.53 Å². The number of ether oxygens (including phenoxy) is 3. The van der Waals surface area contributed by atoms with Crippen LogP contribution in [0.1, 0.15) is 0 Å². The Morgan fingerprint density at radius 2 is 2.04 bits per heavy atom. The molecule has 0 aliphatic carbocycles. The average molecular weight is 343 g/mol. The van der Waals surface area contributed by atoms with Crippen LogP contribution in [0.4, 0.5) is 11.5 Å². The molecule has 7 nitrogen and oxygen atoms in total. The third-order valence-corrected chi connectivity index (χ3v) is 3.78. The van der Waals surface area contributed by atoms with E-state index in [1.807, 2.05) is 18.2 Å². The van der Waals surface area contributed by atoms with E-state index in [9.17, 15) is 4.79 Å². The standard InChI is InChI=1S/C18H21N3O4/c1-23-15-3-2-4-16(11-15)25-13-18(22)20-14-5-6-17(19-12-14)21-7-9-24-10-8-21/h2-6,11-12H,7-10,13H2,1H3,(H,20,22). The van der Waals surface area contributed by atoms with E-state index in [0.29, 0.717) is 30.4 Å². The molecule has 2 aromatic rings. The van der Waals surface area contributed by atoms with Crippen LogP contribution in [0.5, 0.6) is 11.5 Å². The van der Waals surface area contributed by atoms with Crippen molar-refractivity contribution in [3.63, 3.8) is 0 Å². The number of benzene rings is 1. The summed E-state index contributed by atoms with van der Waals surface area (Å²) in [6.45, 7) is 2.99. The Bertz CT molecular complexity index is 700. The number of anilines is 2. The molecule has 132 valence electrons. The topological polar surface area (TPSA) is 72.9 Å². The van der Waals surface area contributed by atoms with Gasteiger partial charge in [0, 0.05) is 19.2 Å². The molecular weight excluding hydrogens is 322 g/mol. The fourth-order valence-corrected chi connectivity index (χ4v) is 2.48. The largest absolute Gasteiger partial charge is 0.497 e. The molecule has 1 aliphatic rings. The molecule has 7 heteroatoms. The van der Waals surface area contributed by atoms with E-state index in [2.05, 4.69) is 15.2 Å². The smallest absolute Gasteiger partial charge is 0.262 e. The molecule has 2 heterocycles. The molecule has 1 saturated heterocycles. The second-order valence-corrected chi connectivity index (χ2v) is 5.52. The fraction of sp³-hybridized carbons (Fsp3) is 0.333. The first kappa shape index (κ1) is 17.0. The molecule has 1 aromatic heterocycles. The van der Waals surface area contributed by atoms with Crippen LogP contribution in [0, 0.1) is 0 Å². The number of hydrogen-bond donors (Lipinski definition) is 1. The second-order valence-electron chi connectivity index (χ2n) is 5.52. The van der Waals surface area contributed by atoms with E-state index in [1.54, 1.807) is 31.5 Å². The lowest BCUT2D eigenvalue weighted by molar-refractivity contribution is -0.118. The predicted molar refractivity (Wildman–Crippen MR) is 94.4 cm³/mol. The third kappa shape index (κ3) is 4.84. The molecule has 0 radical (unpaired) electrons. The number of amides is 1. The minimum absolute atomic E-state index is 0.0849. The second kappa shape index (κ2) is 8.34. The van der Waals surface area contributed by atoms with E-state index < -0.39 is 0 Å². The lowest BCUT2D eigenvalue weighted by Gasteiger charge is -2.27. The Morgan fingerprint density at radius 1 is 1.24 bits per heavy atom. The molecule has 1 amide bonds. The van der Waals surface area contributed by atoms with Crippen LogP contribution in [-0.4, -0.2) is 50.9 Å². The minimum Gasteiger partial charge on any atom is -0.497 e. The maximum atomic E-state index is 12.0. The minimum atomic E-state index is -0.247. The number of aromatic nitrogens is 1. The molecule has 1 N–H and O–H groups in total. The predicted octanol–water partition coefficient (Wildman–Crippen LogP) is 1.94. The van der Waals surface area contributed by atoms with Crippen LogP contribution in [0.3, 0.4) is 0 Å². The number of rotatable bonds is 6. The van der Waals surface area contributed by atoms with Gasteiger partial charge in [-0.3, -0.25) is 4.79 Å². The molecule has 1 fully saturated rings. The van der Waals surface area contributed by atoms with E-state index in [-0.39, 0.29) is 12.5 Å². The average Bonchev–Trinajstić information content (AvgIpc) is 2.68. The van der Waals surface area contributed by atoms with Crippen LogP contribution >= 0.6 is 0 Å². The summed E-state index contributed by atoms with van der Waals surface area (Å²) in [4.78, 5) is 18.6. The number of pyridine rings is 1. The highest BCUT2D eigenvalue weighted by Crippen LogP contribution is 2.19. The van der Waals surface area contributed by atoms with Crippen molar-refractivity contribution >= 4 is 17.4 Å². The van der Waals surface area contributed by atoms with Crippen molar-refractivity contribution in [1.82, 2.24) is 4.98 Å². The summed E-state index contributed by atoms with van der Waals surface area (Å²) in [5.74, 6) is 1.90. The fourth-order valence-electron chi connectivity index (χ4n) is 2.48. The maximum absolute atomic E-state index is 12.0. The summed E-state index contributed by atoms with van der Waals surface area (Å²) in [6, 6.07) is 10.8. The van der Waals surface area contributed by atoms with Crippen LogP contribution in [0.25, 0.3) is 0 Å². The Hall–Kier alpha value is -2.80. The van der Waals surface area contributed by atoms with Crippen LogP contribution < -0.4 is 19.7 Å². The van der Waals surface area contributed by atoms with Crippen molar-refractivity contribution in [2.24, 2.45) is 0 Å². The van der Waals surface area contributed by atoms with Gasteiger partial charge in [-0.1, -0.05) is 6.07 Å². The normalized spacial score (nSPS) is 14.0. The van der Waals surface area contributed by atoms with Gasteiger partial charge in [0.2, 0.25) is 0 Å². The van der Waals surface area contributed by atoms with Crippen molar-refractivity contribution in [2.45, 2.75) is 0 Å². The number of nitrogens with zero attached hydrogens (tertiary/aromatic N) is 2. The number of nitrogens with one attached hydrogen (secondary N) is 1. The zero-order valence-corrected chi connectivity index (χ0v) is 14.1. The van der Waals surface area contributed by atoms with Crippen molar-refractivity contribution in [3.8, 4) is 11.5 Å². The Labute approximate surface area is 146 Å². The van der Waals surface area contributed by atoms with Crippen LogP contribution in [0.2, 0.25) is 0 Å². The monoisotopic (exact) mass is 343 g/mol. The van der Waals surface area contributed by atoms with Gasteiger partial charge >= 0.3 is 0 Å². The molecule has 3 rings (SSSR count). The third-order valence-electron chi connectivity index (χ3n) is 3.78. The highest BCUT2D eigenvalue weighted by Gasteiger charge is 2.12. The Morgan fingerprint density at radius 3 is 2.76 bits per heavy atom. The summed E-state index contributed by atoms with van der Waals surface area (Å²) in [6.07, 6.45) is 1.65. The van der Waals surface area contributed by atoms with E-state index in [4.69, 9.17) is 14.2 Å². The quantitative estimate of drug-likeness (QED) is 0.864. The Balaban J connectivity index is 1.50. The first-order valence-electron chi connectivity index (χ1n) is 8.10. The SMILES string of the molecule is COc1cccc(OCC(=O)Nc2ccc(N3CCOCC3)nc2)c1. The lowest BCUT2D eigenvalue weighted by Crippen LogP contribution is -2.36. The van der Waals surface area contributed by atoms with E-state index >= 15 is 0 Å². The summed E-state index contributed by atoms with van der Waals surface area (Å²) >= 11 is 0. The number of hydrogen-bond acceptors (Lipinski definition) is 6. The molecule has 1 aliphatic heterocycles. The zero-order chi connectivity index (χ0) is 17.5. The van der Waals surface area contributed by atoms with Gasteiger partial charge in [-0.15, -0.1) is 0 Å². The van der Waals surface area contributed by atoms with Gasteiger partial charge in [-0.05, 0) is 24.3 Å². The number of morpholine rings is 1. The van der Waals surface area contributed by atoms with Gasteiger partial charge in [0.1, 0.15) is 17.3 Å². The summed E-state index contributed by atoms with van der Waals surface area (Å²) in [7, 11) is 1.58. The molecule has 0 atom stereocenters. The van der Waals surface area contributed by atoms with Gasteiger partial charge < -0.3 is 24.4 Å². The van der Waals surface area contributed by atoms with Gasteiger partial charge in [0.05, 0.1) is 32.2 Å². The zero-order valence-electron chi connectivity index (χ0n) is 14.1. The number of carbonyl (C=O) groups is 1. The van der Waals surface area contributed by atoms with Gasteiger partial charge in [0.25, 0.3) is 5.91 Å². The molecule has 1 aromatic carbocycles. The lowest BCUT2D eigenvalue weighted by atomic mass is 10.3. The van der Waals surface area contributed by atoms with E-state index in [1.165, 1.54) is 0 Å². The first-order valence-corrected chi connectivity index (χ1v) is 8.10. The van der Waals surface area contributed by atoms with Crippen molar-refractivity contribution in [1.29, 1.82) is 0 Å².